The Morgan fingerprint density at radius 1 is 1.05 bits per heavy atom. The van der Waals surface area contributed by atoms with Crippen molar-refractivity contribution in [3.8, 4) is 11.5 Å². The van der Waals surface area contributed by atoms with Crippen molar-refractivity contribution < 1.29 is 9.47 Å². The summed E-state index contributed by atoms with van der Waals surface area (Å²) in [6.07, 6.45) is 2.08. The first-order valence-corrected chi connectivity index (χ1v) is 6.85. The summed E-state index contributed by atoms with van der Waals surface area (Å²) in [7, 11) is 1.66. The first-order valence-electron chi connectivity index (χ1n) is 6.85. The predicted octanol–water partition coefficient (Wildman–Crippen LogP) is 3.22. The predicted molar refractivity (Wildman–Crippen MR) is 78.9 cm³/mol. The molecule has 1 aliphatic rings. The molecular weight excluding hydrogens is 250 g/mol. The molecule has 3 heteroatoms. The summed E-state index contributed by atoms with van der Waals surface area (Å²) in [5, 5.41) is 0. The van der Waals surface area contributed by atoms with Gasteiger partial charge in [0.2, 0.25) is 0 Å². The van der Waals surface area contributed by atoms with Crippen LogP contribution in [0.2, 0.25) is 0 Å². The standard InChI is InChI=1S/C17H19NO2/c1-19-16-11-14(17(18)9-10-17)7-8-15(16)20-12-13-5-3-2-4-6-13/h2-8,11H,9-10,12,18H2,1H3. The van der Waals surface area contributed by atoms with Gasteiger partial charge in [-0.15, -0.1) is 0 Å². The van der Waals surface area contributed by atoms with Crippen molar-refractivity contribution in [2.45, 2.75) is 25.0 Å². The van der Waals surface area contributed by atoms with Crippen molar-refractivity contribution >= 4 is 0 Å². The monoisotopic (exact) mass is 269 g/mol. The van der Waals surface area contributed by atoms with Crippen molar-refractivity contribution in [1.82, 2.24) is 0 Å². The third-order valence-electron chi connectivity index (χ3n) is 3.76. The van der Waals surface area contributed by atoms with Gasteiger partial charge in [0.25, 0.3) is 0 Å². The minimum absolute atomic E-state index is 0.148. The number of hydrogen-bond acceptors (Lipinski definition) is 3. The molecule has 0 atom stereocenters. The maximum Gasteiger partial charge on any atom is 0.161 e. The van der Waals surface area contributed by atoms with E-state index in [9.17, 15) is 0 Å². The van der Waals surface area contributed by atoms with Crippen molar-refractivity contribution in [2.24, 2.45) is 5.73 Å². The highest BCUT2D eigenvalue weighted by Crippen LogP contribution is 2.45. The average Bonchev–Trinajstić information content (AvgIpc) is 3.25. The van der Waals surface area contributed by atoms with Crippen LogP contribution < -0.4 is 15.2 Å². The van der Waals surface area contributed by atoms with Crippen LogP contribution in [0.1, 0.15) is 24.0 Å². The Kier molecular flexibility index (Phi) is 3.36. The summed E-state index contributed by atoms with van der Waals surface area (Å²) in [6.45, 7) is 0.532. The molecule has 0 spiro atoms. The van der Waals surface area contributed by atoms with Gasteiger partial charge >= 0.3 is 0 Å². The molecule has 0 aliphatic heterocycles. The van der Waals surface area contributed by atoms with E-state index in [2.05, 4.69) is 0 Å². The summed E-state index contributed by atoms with van der Waals surface area (Å²) < 4.78 is 11.3. The average molecular weight is 269 g/mol. The highest BCUT2D eigenvalue weighted by molar-refractivity contribution is 5.46. The quantitative estimate of drug-likeness (QED) is 0.906. The van der Waals surface area contributed by atoms with Gasteiger partial charge in [-0.3, -0.25) is 0 Å². The van der Waals surface area contributed by atoms with Crippen molar-refractivity contribution in [3.63, 3.8) is 0 Å². The zero-order valence-electron chi connectivity index (χ0n) is 11.6. The summed E-state index contributed by atoms with van der Waals surface area (Å²) in [4.78, 5) is 0. The van der Waals surface area contributed by atoms with E-state index in [-0.39, 0.29) is 5.54 Å². The first-order chi connectivity index (χ1) is 9.71. The highest BCUT2D eigenvalue weighted by Gasteiger charge is 2.40. The number of methoxy groups -OCH3 is 1. The lowest BCUT2D eigenvalue weighted by Crippen LogP contribution is -2.18. The van der Waals surface area contributed by atoms with Crippen molar-refractivity contribution in [3.05, 3.63) is 59.7 Å². The van der Waals surface area contributed by atoms with E-state index in [0.717, 1.165) is 35.5 Å². The third-order valence-corrected chi connectivity index (χ3v) is 3.76. The van der Waals surface area contributed by atoms with E-state index in [1.165, 1.54) is 0 Å². The summed E-state index contributed by atoms with van der Waals surface area (Å²) in [5.74, 6) is 1.50. The molecule has 0 aromatic heterocycles. The molecule has 0 saturated heterocycles. The minimum atomic E-state index is -0.148. The fourth-order valence-electron chi connectivity index (χ4n) is 2.26. The van der Waals surface area contributed by atoms with E-state index in [0.29, 0.717) is 6.61 Å². The van der Waals surface area contributed by atoms with Crippen LogP contribution >= 0.6 is 0 Å². The topological polar surface area (TPSA) is 44.5 Å². The van der Waals surface area contributed by atoms with Gasteiger partial charge in [-0.1, -0.05) is 36.4 Å². The zero-order chi connectivity index (χ0) is 14.0. The number of rotatable bonds is 5. The first kappa shape index (κ1) is 13.0. The van der Waals surface area contributed by atoms with Crippen LogP contribution in [-0.2, 0) is 12.1 Å². The lowest BCUT2D eigenvalue weighted by Gasteiger charge is -2.15. The molecule has 1 aliphatic carbocycles. The second-order valence-electron chi connectivity index (χ2n) is 5.30. The summed E-state index contributed by atoms with van der Waals surface area (Å²) in [5.41, 5.74) is 8.32. The molecule has 0 heterocycles. The molecule has 0 unspecified atom stereocenters. The van der Waals surface area contributed by atoms with Crippen LogP contribution in [0.25, 0.3) is 0 Å². The SMILES string of the molecule is COc1cc(C2(N)CC2)ccc1OCc1ccccc1. The van der Waals surface area contributed by atoms with Crippen LogP contribution in [0, 0.1) is 0 Å². The Balaban J connectivity index is 1.76. The number of benzene rings is 2. The van der Waals surface area contributed by atoms with Gasteiger partial charge < -0.3 is 15.2 Å². The molecule has 3 nitrogen and oxygen atoms in total. The molecule has 2 aromatic rings. The molecule has 2 aromatic carbocycles. The van der Waals surface area contributed by atoms with Crippen LogP contribution in [0.3, 0.4) is 0 Å². The fraction of sp³-hybridized carbons (Fsp3) is 0.294. The lowest BCUT2D eigenvalue weighted by atomic mass is 10.1. The summed E-state index contributed by atoms with van der Waals surface area (Å²) in [6, 6.07) is 16.1. The highest BCUT2D eigenvalue weighted by atomic mass is 16.5. The van der Waals surface area contributed by atoms with E-state index in [1.54, 1.807) is 7.11 Å². The second-order valence-corrected chi connectivity index (χ2v) is 5.30. The van der Waals surface area contributed by atoms with Gasteiger partial charge in [0.05, 0.1) is 7.11 Å². The van der Waals surface area contributed by atoms with E-state index in [4.69, 9.17) is 15.2 Å². The largest absolute Gasteiger partial charge is 0.493 e. The van der Waals surface area contributed by atoms with E-state index < -0.39 is 0 Å². The van der Waals surface area contributed by atoms with Crippen LogP contribution in [-0.4, -0.2) is 7.11 Å². The smallest absolute Gasteiger partial charge is 0.161 e. The van der Waals surface area contributed by atoms with Gasteiger partial charge in [0.1, 0.15) is 6.61 Å². The second kappa shape index (κ2) is 5.17. The molecular formula is C17H19NO2. The fourth-order valence-corrected chi connectivity index (χ4v) is 2.26. The molecule has 3 rings (SSSR count). The van der Waals surface area contributed by atoms with Crippen LogP contribution in [0.5, 0.6) is 11.5 Å². The Hall–Kier alpha value is -2.00. The van der Waals surface area contributed by atoms with Crippen molar-refractivity contribution in [2.75, 3.05) is 7.11 Å². The molecule has 1 saturated carbocycles. The number of nitrogens with two attached hydrogens (primary N) is 1. The maximum atomic E-state index is 6.21. The van der Waals surface area contributed by atoms with Gasteiger partial charge in [0.15, 0.2) is 11.5 Å². The van der Waals surface area contributed by atoms with Crippen molar-refractivity contribution in [1.29, 1.82) is 0 Å². The molecule has 0 bridgehead atoms. The van der Waals surface area contributed by atoms with Gasteiger partial charge in [0, 0.05) is 5.54 Å². The Morgan fingerprint density at radius 2 is 1.80 bits per heavy atom. The zero-order valence-corrected chi connectivity index (χ0v) is 11.6. The molecule has 104 valence electrons. The summed E-state index contributed by atoms with van der Waals surface area (Å²) >= 11 is 0. The van der Waals surface area contributed by atoms with E-state index >= 15 is 0 Å². The molecule has 1 fully saturated rings. The van der Waals surface area contributed by atoms with Gasteiger partial charge in [-0.25, -0.2) is 0 Å². The molecule has 2 N–H and O–H groups in total. The number of ether oxygens (including phenoxy) is 2. The maximum absolute atomic E-state index is 6.21. The normalized spacial score (nSPS) is 15.7. The number of hydrogen-bond donors (Lipinski definition) is 1. The Labute approximate surface area is 119 Å². The molecule has 20 heavy (non-hydrogen) atoms. The van der Waals surface area contributed by atoms with Gasteiger partial charge in [-0.2, -0.15) is 0 Å². The molecule has 0 radical (unpaired) electrons. The van der Waals surface area contributed by atoms with Gasteiger partial charge in [-0.05, 0) is 36.1 Å². The molecule has 0 amide bonds. The van der Waals surface area contributed by atoms with Crippen LogP contribution in [0.4, 0.5) is 0 Å². The Morgan fingerprint density at radius 3 is 2.45 bits per heavy atom. The Bertz CT molecular complexity index is 591. The minimum Gasteiger partial charge on any atom is -0.493 e. The third kappa shape index (κ3) is 2.63. The lowest BCUT2D eigenvalue weighted by molar-refractivity contribution is 0.284. The van der Waals surface area contributed by atoms with E-state index in [1.807, 2.05) is 48.5 Å². The van der Waals surface area contributed by atoms with Crippen LogP contribution in [0.15, 0.2) is 48.5 Å².